The van der Waals surface area contributed by atoms with Crippen LogP contribution in [-0.4, -0.2) is 35.2 Å². The molecule has 0 saturated heterocycles. The SMILES string of the molecule is CCC(Nc1nc(N)nc(C)c1/C=C/C(=O)n1cccn1)c1nc2cccc(C)c2c(=O)n1-c1ccccc1. The zero-order valence-electron chi connectivity index (χ0n) is 21.9. The van der Waals surface area contributed by atoms with Gasteiger partial charge < -0.3 is 11.1 Å². The van der Waals surface area contributed by atoms with Crippen molar-refractivity contribution in [2.24, 2.45) is 0 Å². The van der Waals surface area contributed by atoms with Gasteiger partial charge in [-0.05, 0) is 56.2 Å². The molecule has 10 nitrogen and oxygen atoms in total. The second-order valence-corrected chi connectivity index (χ2v) is 9.07. The second-order valence-electron chi connectivity index (χ2n) is 9.07. The summed E-state index contributed by atoms with van der Waals surface area (Å²) in [6.45, 7) is 5.69. The quantitative estimate of drug-likeness (QED) is 0.300. The van der Waals surface area contributed by atoms with Gasteiger partial charge in [-0.1, -0.05) is 37.3 Å². The van der Waals surface area contributed by atoms with Crippen LogP contribution >= 0.6 is 0 Å². The fourth-order valence-electron chi connectivity index (χ4n) is 4.53. The highest BCUT2D eigenvalue weighted by Gasteiger charge is 2.23. The zero-order valence-corrected chi connectivity index (χ0v) is 21.9. The summed E-state index contributed by atoms with van der Waals surface area (Å²) in [5, 5.41) is 7.98. The van der Waals surface area contributed by atoms with Gasteiger partial charge in [0.25, 0.3) is 11.5 Å². The van der Waals surface area contributed by atoms with Crippen molar-refractivity contribution < 1.29 is 4.79 Å². The third-order valence-electron chi connectivity index (χ3n) is 6.45. The number of hydrogen-bond acceptors (Lipinski definition) is 8. The molecule has 0 amide bonds. The Morgan fingerprint density at radius 3 is 2.56 bits per heavy atom. The number of aromatic nitrogens is 6. The number of para-hydroxylation sites is 1. The predicted molar refractivity (Wildman–Crippen MR) is 152 cm³/mol. The Kier molecular flexibility index (Phi) is 7.00. The standard InChI is InChI=1S/C29H28N8O2/c1-4-22(33-26-21(19(3)32-29(30)35-26)14-15-24(38)36-17-9-16-31-36)27-34-23-13-8-10-18(2)25(23)28(39)37(27)20-11-6-5-7-12-20/h5-17,22H,4H2,1-3H3,(H3,30,32,33,35)/b15-14+. The lowest BCUT2D eigenvalue weighted by Crippen LogP contribution is -2.29. The van der Waals surface area contributed by atoms with Crippen molar-refractivity contribution in [3.63, 3.8) is 0 Å². The normalized spacial score (nSPS) is 12.2. The maximum Gasteiger partial charge on any atom is 0.270 e. The van der Waals surface area contributed by atoms with Crippen molar-refractivity contribution >= 4 is 34.7 Å². The first-order valence-corrected chi connectivity index (χ1v) is 12.6. The lowest BCUT2D eigenvalue weighted by Gasteiger charge is -2.23. The Labute approximate surface area is 224 Å². The molecular formula is C29H28N8O2. The summed E-state index contributed by atoms with van der Waals surface area (Å²) in [7, 11) is 0. The lowest BCUT2D eigenvalue weighted by molar-refractivity contribution is 0.0955. The van der Waals surface area contributed by atoms with Crippen molar-refractivity contribution in [3.8, 4) is 5.69 Å². The van der Waals surface area contributed by atoms with Gasteiger partial charge >= 0.3 is 0 Å². The number of carbonyl (C=O) groups excluding carboxylic acids is 1. The highest BCUT2D eigenvalue weighted by molar-refractivity contribution is 5.94. The molecule has 2 aromatic carbocycles. The van der Waals surface area contributed by atoms with Crippen LogP contribution in [0.15, 0.2) is 77.9 Å². The minimum Gasteiger partial charge on any atom is -0.368 e. The van der Waals surface area contributed by atoms with Crippen LogP contribution in [0, 0.1) is 13.8 Å². The molecule has 1 atom stereocenters. The molecule has 0 bridgehead atoms. The van der Waals surface area contributed by atoms with Crippen molar-refractivity contribution in [2.75, 3.05) is 11.1 Å². The van der Waals surface area contributed by atoms with Crippen molar-refractivity contribution in [1.29, 1.82) is 0 Å². The average Bonchev–Trinajstić information content (AvgIpc) is 3.47. The molecule has 0 aliphatic rings. The smallest absolute Gasteiger partial charge is 0.270 e. The van der Waals surface area contributed by atoms with Gasteiger partial charge in [-0.2, -0.15) is 10.1 Å². The Morgan fingerprint density at radius 1 is 1.05 bits per heavy atom. The number of nitrogens with one attached hydrogen (secondary N) is 1. The van der Waals surface area contributed by atoms with Crippen LogP contribution in [-0.2, 0) is 0 Å². The molecule has 0 fully saturated rings. The number of benzene rings is 2. The fraction of sp³-hybridized carbons (Fsp3) is 0.172. The molecule has 5 aromatic rings. The predicted octanol–water partition coefficient (Wildman–Crippen LogP) is 4.49. The average molecular weight is 521 g/mol. The molecule has 5 rings (SSSR count). The summed E-state index contributed by atoms with van der Waals surface area (Å²) < 4.78 is 2.87. The number of aryl methyl sites for hydroxylation is 2. The number of nitrogens with zero attached hydrogens (tertiary/aromatic N) is 6. The Hall–Kier alpha value is -5.12. The van der Waals surface area contributed by atoms with Crippen molar-refractivity contribution in [1.82, 2.24) is 29.3 Å². The first kappa shape index (κ1) is 25.5. The van der Waals surface area contributed by atoms with Crippen LogP contribution in [0.25, 0.3) is 22.7 Å². The summed E-state index contributed by atoms with van der Waals surface area (Å²) >= 11 is 0. The zero-order chi connectivity index (χ0) is 27.5. The van der Waals surface area contributed by atoms with Crippen LogP contribution in [0.2, 0.25) is 0 Å². The minimum absolute atomic E-state index is 0.0861. The molecule has 10 heteroatoms. The monoisotopic (exact) mass is 520 g/mol. The van der Waals surface area contributed by atoms with Gasteiger partial charge in [0, 0.05) is 24.0 Å². The van der Waals surface area contributed by atoms with E-state index in [-0.39, 0.29) is 17.4 Å². The number of anilines is 2. The number of nitrogen functional groups attached to an aromatic ring is 1. The van der Waals surface area contributed by atoms with Crippen LogP contribution in [0.3, 0.4) is 0 Å². The van der Waals surface area contributed by atoms with E-state index in [9.17, 15) is 9.59 Å². The van der Waals surface area contributed by atoms with E-state index in [1.54, 1.807) is 29.8 Å². The summed E-state index contributed by atoms with van der Waals surface area (Å²) in [6.07, 6.45) is 6.72. The summed E-state index contributed by atoms with van der Waals surface area (Å²) in [5.74, 6) is 0.723. The molecule has 0 aliphatic carbocycles. The molecule has 3 aromatic heterocycles. The van der Waals surface area contributed by atoms with Gasteiger partial charge in [0.2, 0.25) is 5.95 Å². The van der Waals surface area contributed by atoms with Gasteiger partial charge in [-0.25, -0.2) is 14.6 Å². The van der Waals surface area contributed by atoms with Gasteiger partial charge in [-0.15, -0.1) is 0 Å². The molecule has 0 saturated carbocycles. The molecule has 0 spiro atoms. The number of allylic oxidation sites excluding steroid dienone is 1. The molecule has 196 valence electrons. The number of hydrogen-bond donors (Lipinski definition) is 2. The van der Waals surface area contributed by atoms with Gasteiger partial charge in [0.1, 0.15) is 11.6 Å². The number of nitrogens with two attached hydrogens (primary N) is 1. The summed E-state index contributed by atoms with van der Waals surface area (Å²) in [4.78, 5) is 40.1. The van der Waals surface area contributed by atoms with E-state index in [4.69, 9.17) is 10.7 Å². The van der Waals surface area contributed by atoms with E-state index >= 15 is 0 Å². The van der Waals surface area contributed by atoms with E-state index in [0.717, 1.165) is 5.56 Å². The Bertz CT molecular complexity index is 1740. The van der Waals surface area contributed by atoms with Crippen LogP contribution in [0.1, 0.15) is 46.8 Å². The van der Waals surface area contributed by atoms with Gasteiger partial charge in [0.05, 0.1) is 28.3 Å². The summed E-state index contributed by atoms with van der Waals surface area (Å²) in [5.41, 5.74) is 9.23. The molecule has 1 unspecified atom stereocenters. The maximum absolute atomic E-state index is 13.9. The number of fused-ring (bicyclic) bond motifs is 1. The molecule has 0 aliphatic heterocycles. The van der Waals surface area contributed by atoms with Crippen LogP contribution < -0.4 is 16.6 Å². The largest absolute Gasteiger partial charge is 0.368 e. The highest BCUT2D eigenvalue weighted by atomic mass is 16.2. The fourth-order valence-corrected chi connectivity index (χ4v) is 4.53. The van der Waals surface area contributed by atoms with Crippen molar-refractivity contribution in [3.05, 3.63) is 106 Å². The van der Waals surface area contributed by atoms with E-state index < -0.39 is 6.04 Å². The molecule has 3 heterocycles. The van der Waals surface area contributed by atoms with Gasteiger partial charge in [0.15, 0.2) is 0 Å². The molecule has 39 heavy (non-hydrogen) atoms. The molecular weight excluding hydrogens is 492 g/mol. The first-order chi connectivity index (χ1) is 18.9. The first-order valence-electron chi connectivity index (χ1n) is 12.6. The number of carbonyl (C=O) groups is 1. The van der Waals surface area contributed by atoms with Crippen LogP contribution in [0.5, 0.6) is 0 Å². The van der Waals surface area contributed by atoms with Gasteiger partial charge in [-0.3, -0.25) is 14.2 Å². The molecule has 0 radical (unpaired) electrons. The van der Waals surface area contributed by atoms with E-state index in [1.807, 2.05) is 62.4 Å². The van der Waals surface area contributed by atoms with Crippen molar-refractivity contribution in [2.45, 2.75) is 33.2 Å². The Morgan fingerprint density at radius 2 is 1.85 bits per heavy atom. The minimum atomic E-state index is -0.425. The lowest BCUT2D eigenvalue weighted by atomic mass is 10.1. The Balaban J connectivity index is 1.64. The van der Waals surface area contributed by atoms with Crippen LogP contribution in [0.4, 0.5) is 11.8 Å². The van der Waals surface area contributed by atoms with E-state index in [2.05, 4.69) is 20.4 Å². The second kappa shape index (κ2) is 10.7. The topological polar surface area (TPSA) is 134 Å². The van der Waals surface area contributed by atoms with E-state index in [1.165, 1.54) is 17.0 Å². The van der Waals surface area contributed by atoms with E-state index in [0.29, 0.717) is 45.9 Å². The summed E-state index contributed by atoms with van der Waals surface area (Å²) in [6, 6.07) is 16.3. The molecule has 3 N–H and O–H groups in total. The third kappa shape index (κ3) is 5.04. The number of rotatable bonds is 7. The third-order valence-corrected chi connectivity index (χ3v) is 6.45. The highest BCUT2D eigenvalue weighted by Crippen LogP contribution is 2.28. The maximum atomic E-state index is 13.9.